The molecule has 4 N–H and O–H groups in total. The number of aromatic hydroxyl groups is 2. The summed E-state index contributed by atoms with van der Waals surface area (Å²) in [6, 6.07) is 16.4. The molecular formula is C33H37N5O5. The van der Waals surface area contributed by atoms with E-state index in [1.807, 2.05) is 30.3 Å². The Labute approximate surface area is 251 Å². The van der Waals surface area contributed by atoms with Crippen molar-refractivity contribution in [1.29, 1.82) is 5.26 Å². The number of carbonyl (C=O) groups is 3. The number of benzene rings is 2. The minimum atomic E-state index is -0.902. The molecule has 10 nitrogen and oxygen atoms in total. The maximum absolute atomic E-state index is 13.9. The highest BCUT2D eigenvalue weighted by Crippen LogP contribution is 2.37. The monoisotopic (exact) mass is 583 g/mol. The fourth-order valence-corrected chi connectivity index (χ4v) is 5.58. The predicted octanol–water partition coefficient (Wildman–Crippen LogP) is 4.10. The molecule has 1 fully saturated rings. The molecule has 3 aromatic rings. The molecule has 1 saturated carbocycles. The fraction of sp³-hybridized carbons (Fsp3) is 0.333. The van der Waals surface area contributed by atoms with E-state index in [-0.39, 0.29) is 35.2 Å². The molecule has 0 spiro atoms. The van der Waals surface area contributed by atoms with Crippen LogP contribution in [0.25, 0.3) is 6.08 Å². The van der Waals surface area contributed by atoms with Gasteiger partial charge in [-0.25, -0.2) is 0 Å². The summed E-state index contributed by atoms with van der Waals surface area (Å²) in [6.07, 6.45) is 6.21. The van der Waals surface area contributed by atoms with Gasteiger partial charge in [0.05, 0.1) is 35.7 Å². The molecule has 0 bridgehead atoms. The van der Waals surface area contributed by atoms with Gasteiger partial charge in [-0.3, -0.25) is 14.4 Å². The average molecular weight is 584 g/mol. The molecule has 224 valence electrons. The van der Waals surface area contributed by atoms with Crippen LogP contribution in [-0.2, 0) is 9.59 Å². The Hall–Kier alpha value is -5.04. The van der Waals surface area contributed by atoms with Crippen LogP contribution in [0.1, 0.15) is 70.8 Å². The van der Waals surface area contributed by atoms with E-state index in [4.69, 9.17) is 5.26 Å². The van der Waals surface area contributed by atoms with Crippen LogP contribution in [-0.4, -0.2) is 52.6 Å². The van der Waals surface area contributed by atoms with E-state index in [2.05, 4.69) is 16.7 Å². The zero-order valence-electron chi connectivity index (χ0n) is 24.6. The van der Waals surface area contributed by atoms with Crippen LogP contribution in [0.15, 0.2) is 60.7 Å². The Bertz CT molecular complexity index is 1530. The molecule has 2 amide bonds. The topological polar surface area (TPSA) is 148 Å². The molecular weight excluding hydrogens is 546 g/mol. The Morgan fingerprint density at radius 3 is 2.26 bits per heavy atom. The summed E-state index contributed by atoms with van der Waals surface area (Å²) >= 11 is 0. The first-order valence-electron chi connectivity index (χ1n) is 14.3. The Morgan fingerprint density at radius 1 is 1.02 bits per heavy atom. The van der Waals surface area contributed by atoms with Gasteiger partial charge in [0.15, 0.2) is 5.78 Å². The molecule has 0 aliphatic heterocycles. The van der Waals surface area contributed by atoms with Crippen molar-refractivity contribution < 1.29 is 24.6 Å². The van der Waals surface area contributed by atoms with Gasteiger partial charge in [-0.15, -0.1) is 0 Å². The maximum atomic E-state index is 13.9. The smallest absolute Gasteiger partial charge is 0.244 e. The van der Waals surface area contributed by atoms with Crippen molar-refractivity contribution in [2.45, 2.75) is 51.1 Å². The van der Waals surface area contributed by atoms with Crippen molar-refractivity contribution in [2.24, 2.45) is 5.92 Å². The Balaban J connectivity index is 1.54. The highest BCUT2D eigenvalue weighted by molar-refractivity contribution is 6.05. The van der Waals surface area contributed by atoms with E-state index < -0.39 is 29.7 Å². The summed E-state index contributed by atoms with van der Waals surface area (Å²) in [6.45, 7) is 1.56. The average Bonchev–Trinajstić information content (AvgIpc) is 3.61. The first-order chi connectivity index (χ1) is 20.6. The Morgan fingerprint density at radius 2 is 1.67 bits per heavy atom. The lowest BCUT2D eigenvalue weighted by Crippen LogP contribution is -2.46. The number of carbonyl (C=O) groups excluding carboxylic acids is 3. The summed E-state index contributed by atoms with van der Waals surface area (Å²) in [5, 5.41) is 37.7. The van der Waals surface area contributed by atoms with Gasteiger partial charge in [-0.1, -0.05) is 55.3 Å². The van der Waals surface area contributed by atoms with Crippen LogP contribution in [0.2, 0.25) is 0 Å². The van der Waals surface area contributed by atoms with E-state index >= 15 is 0 Å². The molecule has 0 radical (unpaired) electrons. The van der Waals surface area contributed by atoms with Gasteiger partial charge in [0.25, 0.3) is 0 Å². The number of rotatable bonds is 11. The van der Waals surface area contributed by atoms with E-state index in [1.165, 1.54) is 11.1 Å². The number of nitriles is 1. The lowest BCUT2D eigenvalue weighted by atomic mass is 9.90. The number of amides is 2. The number of hydrogen-bond acceptors (Lipinski definition) is 7. The molecule has 2 aromatic carbocycles. The third kappa shape index (κ3) is 7.25. The number of hydrogen-bond donors (Lipinski definition) is 4. The molecule has 43 heavy (non-hydrogen) atoms. The van der Waals surface area contributed by atoms with Gasteiger partial charge < -0.3 is 25.9 Å². The predicted molar refractivity (Wildman–Crippen MR) is 163 cm³/mol. The standard InChI is InChI=1S/C33H37N5O5/c1-21-29(33(43)38(32(21)42)37(2)3)31(41)30(25-11-7-8-12-25)36-28(40)19-26(24-9-5-4-6-10-24)35-27(39)18-17-22-13-15-23(20-34)16-14-22/h4-6,9-10,13-18,25-26,30,42-43H,7-8,11-12,19H2,1-3H3,(H,35,39)(H,36,40)/t26-,30-/m0/s1. The molecule has 0 unspecified atom stereocenters. The van der Waals surface area contributed by atoms with Crippen LogP contribution < -0.4 is 15.6 Å². The third-order valence-corrected chi connectivity index (χ3v) is 7.83. The quantitative estimate of drug-likeness (QED) is 0.196. The molecule has 1 aliphatic carbocycles. The van der Waals surface area contributed by atoms with E-state index in [9.17, 15) is 24.6 Å². The van der Waals surface area contributed by atoms with Crippen molar-refractivity contribution in [2.75, 3.05) is 19.1 Å². The normalized spacial score (nSPS) is 14.7. The first-order valence-corrected chi connectivity index (χ1v) is 14.3. The van der Waals surface area contributed by atoms with Gasteiger partial charge in [0, 0.05) is 25.7 Å². The lowest BCUT2D eigenvalue weighted by Gasteiger charge is -2.25. The minimum Gasteiger partial charge on any atom is -0.493 e. The zero-order valence-corrected chi connectivity index (χ0v) is 24.6. The molecule has 10 heteroatoms. The summed E-state index contributed by atoms with van der Waals surface area (Å²) in [4.78, 5) is 40.3. The number of nitrogens with zero attached hydrogens (tertiary/aromatic N) is 3. The second-order valence-corrected chi connectivity index (χ2v) is 11.0. The van der Waals surface area contributed by atoms with E-state index in [0.29, 0.717) is 5.56 Å². The molecule has 1 aromatic heterocycles. The molecule has 2 atom stereocenters. The Kier molecular flexibility index (Phi) is 9.88. The van der Waals surface area contributed by atoms with Gasteiger partial charge in [0.1, 0.15) is 0 Å². The van der Waals surface area contributed by atoms with E-state index in [0.717, 1.165) is 41.5 Å². The van der Waals surface area contributed by atoms with Crippen molar-refractivity contribution in [1.82, 2.24) is 15.3 Å². The highest BCUT2D eigenvalue weighted by atomic mass is 16.3. The van der Waals surface area contributed by atoms with Gasteiger partial charge in [-0.2, -0.15) is 9.94 Å². The van der Waals surface area contributed by atoms with Gasteiger partial charge in [0.2, 0.25) is 23.6 Å². The SMILES string of the molecule is Cc1c(C(=O)[C@@H](NC(=O)C[C@H](NC(=O)C=Cc2ccc(C#N)cc2)c2ccccc2)C2CCCC2)c(O)n(N(C)C)c1O. The van der Waals surface area contributed by atoms with Gasteiger partial charge in [-0.05, 0) is 55.0 Å². The summed E-state index contributed by atoms with van der Waals surface area (Å²) < 4.78 is 1.14. The number of aromatic nitrogens is 1. The first kappa shape index (κ1) is 30.9. The van der Waals surface area contributed by atoms with Crippen LogP contribution in [0.5, 0.6) is 11.8 Å². The minimum absolute atomic E-state index is 0.0238. The fourth-order valence-electron chi connectivity index (χ4n) is 5.58. The van der Waals surface area contributed by atoms with Crippen LogP contribution in [0, 0.1) is 24.2 Å². The number of ketones is 1. The highest BCUT2D eigenvalue weighted by Gasteiger charge is 2.37. The van der Waals surface area contributed by atoms with Crippen molar-refractivity contribution in [3.8, 4) is 17.8 Å². The number of Topliss-reactive ketones (excluding diaryl/α,β-unsaturated/α-hetero) is 1. The third-order valence-electron chi connectivity index (χ3n) is 7.83. The molecule has 0 saturated heterocycles. The van der Waals surface area contributed by atoms with Crippen LogP contribution >= 0.6 is 0 Å². The molecule has 1 aliphatic rings. The molecule has 4 rings (SSSR count). The van der Waals surface area contributed by atoms with Crippen molar-refractivity contribution in [3.63, 3.8) is 0 Å². The van der Waals surface area contributed by atoms with Crippen LogP contribution in [0.3, 0.4) is 0 Å². The van der Waals surface area contributed by atoms with Crippen molar-refractivity contribution >= 4 is 23.7 Å². The van der Waals surface area contributed by atoms with Crippen molar-refractivity contribution in [3.05, 3.63) is 88.5 Å². The summed E-state index contributed by atoms with van der Waals surface area (Å²) in [5.74, 6) is -2.05. The molecule has 1 heterocycles. The maximum Gasteiger partial charge on any atom is 0.244 e. The zero-order chi connectivity index (χ0) is 31.1. The summed E-state index contributed by atoms with van der Waals surface area (Å²) in [5.41, 5.74) is 2.20. The van der Waals surface area contributed by atoms with Crippen LogP contribution in [0.4, 0.5) is 0 Å². The second-order valence-electron chi connectivity index (χ2n) is 11.0. The summed E-state index contributed by atoms with van der Waals surface area (Å²) in [7, 11) is 3.25. The second kappa shape index (κ2) is 13.7. The lowest BCUT2D eigenvalue weighted by molar-refractivity contribution is -0.123. The number of nitrogens with one attached hydrogen (secondary N) is 2. The van der Waals surface area contributed by atoms with E-state index in [1.54, 1.807) is 51.4 Å². The largest absolute Gasteiger partial charge is 0.493 e. The van der Waals surface area contributed by atoms with Gasteiger partial charge >= 0.3 is 0 Å².